The molecule has 18 heavy (non-hydrogen) atoms. The van der Waals surface area contributed by atoms with Crippen LogP contribution < -0.4 is 0 Å². The molecule has 0 heterocycles. The summed E-state index contributed by atoms with van der Waals surface area (Å²) in [5.41, 5.74) is -0.706. The maximum atomic E-state index is 12.8. The van der Waals surface area contributed by atoms with Crippen molar-refractivity contribution in [2.24, 2.45) is 5.92 Å². The van der Waals surface area contributed by atoms with Gasteiger partial charge in [0.05, 0.1) is 5.56 Å². The molecule has 0 nitrogen and oxygen atoms in total. The van der Waals surface area contributed by atoms with Gasteiger partial charge in [0.2, 0.25) is 0 Å². The predicted octanol–water partition coefficient (Wildman–Crippen LogP) is 5.63. The van der Waals surface area contributed by atoms with Crippen LogP contribution in [0, 0.1) is 11.7 Å². The molecule has 0 spiro atoms. The molecular weight excluding hydrogens is 244 g/mol. The molecule has 0 saturated carbocycles. The van der Waals surface area contributed by atoms with Crippen molar-refractivity contribution in [3.8, 4) is 0 Å². The zero-order valence-corrected chi connectivity index (χ0v) is 11.4. The number of halogens is 4. The van der Waals surface area contributed by atoms with Crippen LogP contribution in [-0.2, 0) is 6.18 Å². The smallest absolute Gasteiger partial charge is 0.206 e. The van der Waals surface area contributed by atoms with E-state index in [0.717, 1.165) is 18.1 Å². The largest absolute Gasteiger partial charge is 0.419 e. The maximum absolute atomic E-state index is 12.8. The van der Waals surface area contributed by atoms with Gasteiger partial charge in [-0.1, -0.05) is 40.7 Å². The minimum absolute atomic E-state index is 0.0447. The van der Waals surface area contributed by atoms with E-state index in [-0.39, 0.29) is 5.92 Å². The predicted molar refractivity (Wildman–Crippen MR) is 66.0 cm³/mol. The average Bonchev–Trinajstić information content (AvgIpc) is 2.14. The highest BCUT2D eigenvalue weighted by atomic mass is 19.4. The Balaban J connectivity index is 0.000000631. The molecule has 0 bridgehead atoms. The van der Waals surface area contributed by atoms with Crippen molar-refractivity contribution in [1.29, 1.82) is 0 Å². The highest BCUT2D eigenvalue weighted by molar-refractivity contribution is 5.29. The highest BCUT2D eigenvalue weighted by Crippen LogP contribution is 2.33. The van der Waals surface area contributed by atoms with Crippen molar-refractivity contribution < 1.29 is 17.6 Å². The molecule has 0 fully saturated rings. The number of hydrogen-bond acceptors (Lipinski definition) is 0. The van der Waals surface area contributed by atoms with E-state index in [4.69, 9.17) is 0 Å². The van der Waals surface area contributed by atoms with Crippen molar-refractivity contribution in [2.75, 3.05) is 0 Å². The zero-order valence-electron chi connectivity index (χ0n) is 11.4. The second-order valence-electron chi connectivity index (χ2n) is 5.12. The Bertz CT molecular complexity index is 362. The summed E-state index contributed by atoms with van der Waals surface area (Å²) in [6.07, 6.45) is -4.62. The molecule has 0 atom stereocenters. The van der Waals surface area contributed by atoms with Gasteiger partial charge in [0.1, 0.15) is 5.82 Å². The van der Waals surface area contributed by atoms with Crippen molar-refractivity contribution >= 4 is 0 Å². The first-order chi connectivity index (χ1) is 8.05. The van der Waals surface area contributed by atoms with Gasteiger partial charge >= 0.3 is 6.18 Å². The molecule has 0 aromatic heterocycles. The van der Waals surface area contributed by atoms with Crippen molar-refractivity contribution in [2.45, 2.75) is 46.7 Å². The molecule has 0 radical (unpaired) electrons. The summed E-state index contributed by atoms with van der Waals surface area (Å²) in [6.45, 7) is 10.0. The molecule has 0 unspecified atom stereocenters. The van der Waals surface area contributed by atoms with E-state index in [2.05, 4.69) is 20.8 Å². The number of alkyl halides is 3. The number of hydrogen-bond donors (Lipinski definition) is 0. The van der Waals surface area contributed by atoms with Gasteiger partial charge in [0, 0.05) is 0 Å². The quantitative estimate of drug-likeness (QED) is 0.576. The lowest BCUT2D eigenvalue weighted by molar-refractivity contribution is -0.140. The molecule has 1 aromatic carbocycles. The van der Waals surface area contributed by atoms with E-state index < -0.39 is 17.6 Å². The fourth-order valence-corrected chi connectivity index (χ4v) is 1.12. The van der Waals surface area contributed by atoms with Crippen molar-refractivity contribution in [1.82, 2.24) is 0 Å². The molecule has 0 amide bonds. The summed E-state index contributed by atoms with van der Waals surface area (Å²) in [4.78, 5) is 0. The van der Waals surface area contributed by atoms with E-state index in [1.807, 2.05) is 0 Å². The molecule has 104 valence electrons. The molecule has 0 aliphatic carbocycles. The lowest BCUT2D eigenvalue weighted by Crippen LogP contribution is -2.09. The van der Waals surface area contributed by atoms with E-state index in [9.17, 15) is 17.6 Å². The Morgan fingerprint density at radius 2 is 1.39 bits per heavy atom. The zero-order chi connectivity index (χ0) is 14.5. The van der Waals surface area contributed by atoms with E-state index in [1.165, 1.54) is 6.07 Å². The van der Waals surface area contributed by atoms with Crippen LogP contribution in [0.2, 0.25) is 0 Å². The molecule has 0 aliphatic heterocycles. The molecule has 0 saturated heterocycles. The minimum atomic E-state index is -4.62. The second kappa shape index (κ2) is 6.76. The Morgan fingerprint density at radius 1 is 0.944 bits per heavy atom. The van der Waals surface area contributed by atoms with Gasteiger partial charge in [-0.3, -0.25) is 0 Å². The summed E-state index contributed by atoms with van der Waals surface area (Å²) in [5.74, 6) is -0.432. The normalized spacial score (nSPS) is 11.5. The summed E-state index contributed by atoms with van der Waals surface area (Å²) in [5, 5.41) is 0. The Labute approximate surface area is 106 Å². The molecule has 0 aliphatic rings. The Hall–Kier alpha value is -1.06. The van der Waals surface area contributed by atoms with E-state index in [1.54, 1.807) is 13.8 Å². The summed E-state index contributed by atoms with van der Waals surface area (Å²) in [6, 6.07) is 3.09. The average molecular weight is 264 g/mol. The van der Waals surface area contributed by atoms with Crippen molar-refractivity contribution in [3.63, 3.8) is 0 Å². The van der Waals surface area contributed by atoms with Gasteiger partial charge in [-0.2, -0.15) is 13.2 Å². The van der Waals surface area contributed by atoms with Crippen LogP contribution >= 0.6 is 0 Å². The number of rotatable bonds is 1. The van der Waals surface area contributed by atoms with Gasteiger partial charge in [0.15, 0.2) is 0 Å². The monoisotopic (exact) mass is 264 g/mol. The van der Waals surface area contributed by atoms with Crippen LogP contribution in [0.4, 0.5) is 17.6 Å². The lowest BCUT2D eigenvalue weighted by Gasteiger charge is -2.11. The summed E-state index contributed by atoms with van der Waals surface area (Å²) in [7, 11) is 0. The van der Waals surface area contributed by atoms with Gasteiger partial charge in [0.25, 0.3) is 0 Å². The lowest BCUT2D eigenvalue weighted by atomic mass is 10.0. The molecule has 1 rings (SSSR count). The highest BCUT2D eigenvalue weighted by Gasteiger charge is 2.34. The first-order valence-electron chi connectivity index (χ1n) is 5.92. The van der Waals surface area contributed by atoms with Gasteiger partial charge in [-0.05, 0) is 29.5 Å². The fraction of sp³-hybridized carbons (Fsp3) is 0.571. The van der Waals surface area contributed by atoms with Gasteiger partial charge in [-0.15, -0.1) is 0 Å². The third-order valence-electron chi connectivity index (χ3n) is 1.96. The SMILES string of the molecule is CC(C)C.CC(C)c1ccc(F)c(C(F)(F)F)c1. The van der Waals surface area contributed by atoms with Crippen LogP contribution in [-0.4, -0.2) is 0 Å². The topological polar surface area (TPSA) is 0 Å². The Morgan fingerprint density at radius 3 is 1.72 bits per heavy atom. The standard InChI is InChI=1S/C10H10F4.C4H10/c1-6(2)7-3-4-9(11)8(5-7)10(12,13)14;1-4(2)3/h3-6H,1-2H3;4H,1-3H3. The van der Waals surface area contributed by atoms with E-state index in [0.29, 0.717) is 5.56 Å². The Kier molecular flexibility index (Phi) is 6.36. The fourth-order valence-electron chi connectivity index (χ4n) is 1.12. The van der Waals surface area contributed by atoms with Crippen molar-refractivity contribution in [3.05, 3.63) is 35.1 Å². The summed E-state index contributed by atoms with van der Waals surface area (Å²) >= 11 is 0. The van der Waals surface area contributed by atoms with Gasteiger partial charge < -0.3 is 0 Å². The van der Waals surface area contributed by atoms with Crippen LogP contribution in [0.3, 0.4) is 0 Å². The van der Waals surface area contributed by atoms with E-state index >= 15 is 0 Å². The van der Waals surface area contributed by atoms with Crippen LogP contribution in [0.1, 0.15) is 51.7 Å². The van der Waals surface area contributed by atoms with Gasteiger partial charge in [-0.25, -0.2) is 4.39 Å². The first-order valence-corrected chi connectivity index (χ1v) is 5.92. The molecule has 0 N–H and O–H groups in total. The number of benzene rings is 1. The summed E-state index contributed by atoms with van der Waals surface area (Å²) < 4.78 is 49.6. The minimum Gasteiger partial charge on any atom is -0.206 e. The van der Waals surface area contributed by atoms with Crippen LogP contribution in [0.15, 0.2) is 18.2 Å². The first kappa shape index (κ1) is 16.9. The third kappa shape index (κ3) is 6.03. The van der Waals surface area contributed by atoms with Crippen LogP contribution in [0.25, 0.3) is 0 Å². The molecule has 1 aromatic rings. The second-order valence-corrected chi connectivity index (χ2v) is 5.12. The molecule has 4 heteroatoms. The maximum Gasteiger partial charge on any atom is 0.419 e. The molecular formula is C14H20F4. The third-order valence-corrected chi connectivity index (χ3v) is 1.96. The van der Waals surface area contributed by atoms with Crippen LogP contribution in [0.5, 0.6) is 0 Å².